The predicted octanol–water partition coefficient (Wildman–Crippen LogP) is 2.95. The van der Waals surface area contributed by atoms with Crippen molar-refractivity contribution in [1.29, 1.82) is 0 Å². The van der Waals surface area contributed by atoms with Crippen LogP contribution in [0.3, 0.4) is 0 Å². The van der Waals surface area contributed by atoms with Crippen molar-refractivity contribution >= 4 is 17.5 Å². The quantitative estimate of drug-likeness (QED) is 0.740. The molecule has 1 unspecified atom stereocenters. The van der Waals surface area contributed by atoms with Crippen LogP contribution in [0.5, 0.6) is 0 Å². The van der Waals surface area contributed by atoms with Crippen LogP contribution in [-0.2, 0) is 0 Å². The molecule has 1 aliphatic heterocycles. The van der Waals surface area contributed by atoms with E-state index in [2.05, 4.69) is 17.0 Å². The fourth-order valence-electron chi connectivity index (χ4n) is 3.57. The Bertz CT molecular complexity index is 1030. The van der Waals surface area contributed by atoms with Crippen molar-refractivity contribution in [2.24, 2.45) is 0 Å². The molecule has 1 N–H and O–H groups in total. The van der Waals surface area contributed by atoms with Crippen LogP contribution in [0.2, 0.25) is 5.02 Å². The van der Waals surface area contributed by atoms with Gasteiger partial charge in [-0.05, 0) is 36.9 Å². The maximum Gasteiger partial charge on any atom is 0.272 e. The number of likely N-dealkylation sites (N-methyl/N-ethyl adjacent to an activating group) is 1. The first-order chi connectivity index (χ1) is 13.5. The molecule has 1 amide bonds. The lowest BCUT2D eigenvalue weighted by Gasteiger charge is -2.40. The van der Waals surface area contributed by atoms with Gasteiger partial charge in [0.05, 0.1) is 11.7 Å². The van der Waals surface area contributed by atoms with E-state index >= 15 is 0 Å². The molecule has 0 bridgehead atoms. The lowest BCUT2D eigenvalue weighted by Crippen LogP contribution is -2.49. The molecule has 1 aromatic heterocycles. The Kier molecular flexibility index (Phi) is 5.07. The van der Waals surface area contributed by atoms with Crippen LogP contribution in [0.15, 0.2) is 65.5 Å². The molecular formula is C21H21ClN4O2. The van der Waals surface area contributed by atoms with Gasteiger partial charge >= 0.3 is 0 Å². The average molecular weight is 397 g/mol. The van der Waals surface area contributed by atoms with E-state index in [0.717, 1.165) is 18.7 Å². The summed E-state index contributed by atoms with van der Waals surface area (Å²) in [6, 6.07) is 18.2. The highest BCUT2D eigenvalue weighted by Gasteiger charge is 2.31. The summed E-state index contributed by atoms with van der Waals surface area (Å²) >= 11 is 5.92. The first-order valence-corrected chi connectivity index (χ1v) is 9.53. The van der Waals surface area contributed by atoms with Gasteiger partial charge in [0.1, 0.15) is 5.69 Å². The second-order valence-corrected chi connectivity index (χ2v) is 7.44. The fourth-order valence-corrected chi connectivity index (χ4v) is 3.69. The molecule has 0 saturated carbocycles. The third-order valence-electron chi connectivity index (χ3n) is 5.06. The van der Waals surface area contributed by atoms with E-state index in [0.29, 0.717) is 17.3 Å². The molecule has 1 saturated heterocycles. The van der Waals surface area contributed by atoms with Crippen LogP contribution < -0.4 is 5.56 Å². The second-order valence-electron chi connectivity index (χ2n) is 7.01. The van der Waals surface area contributed by atoms with Gasteiger partial charge in [0.15, 0.2) is 0 Å². The van der Waals surface area contributed by atoms with E-state index in [4.69, 9.17) is 11.6 Å². The van der Waals surface area contributed by atoms with Gasteiger partial charge in [0.25, 0.3) is 11.5 Å². The number of carbonyl (C=O) groups is 1. The molecule has 2 heterocycles. The number of benzene rings is 2. The number of H-pyrrole nitrogens is 1. The number of hydrogen-bond donors (Lipinski definition) is 1. The van der Waals surface area contributed by atoms with Gasteiger partial charge in [-0.25, -0.2) is 4.68 Å². The number of nitrogens with zero attached hydrogens (tertiary/aromatic N) is 3. The lowest BCUT2D eigenvalue weighted by atomic mass is 10.0. The molecule has 0 spiro atoms. The molecule has 0 radical (unpaired) electrons. The van der Waals surface area contributed by atoms with Gasteiger partial charge in [-0.3, -0.25) is 14.7 Å². The molecule has 1 atom stereocenters. The number of rotatable bonds is 3. The Morgan fingerprint density at radius 1 is 1.07 bits per heavy atom. The van der Waals surface area contributed by atoms with Crippen molar-refractivity contribution < 1.29 is 4.79 Å². The first-order valence-electron chi connectivity index (χ1n) is 9.15. The SMILES string of the molecule is CN1CCN(C(=O)c2cc(=O)n(-c3ccc(Cl)cc3)[nH]2)C(c2ccccc2)C1. The van der Waals surface area contributed by atoms with Crippen molar-refractivity contribution in [3.8, 4) is 5.69 Å². The number of halogens is 1. The normalized spacial score (nSPS) is 17.6. The number of hydrogen-bond acceptors (Lipinski definition) is 3. The standard InChI is InChI=1S/C21H21ClN4O2/c1-24-11-12-25(19(14-24)15-5-3-2-4-6-15)21(28)18-13-20(27)26(23-18)17-9-7-16(22)8-10-17/h2-10,13,19,23H,11-12,14H2,1H3. The van der Waals surface area contributed by atoms with Crippen LogP contribution in [0.25, 0.3) is 5.69 Å². The number of amides is 1. The molecule has 144 valence electrons. The van der Waals surface area contributed by atoms with E-state index in [1.807, 2.05) is 35.2 Å². The molecule has 7 heteroatoms. The van der Waals surface area contributed by atoms with Crippen LogP contribution in [0.4, 0.5) is 0 Å². The minimum Gasteiger partial charge on any atom is -0.328 e. The summed E-state index contributed by atoms with van der Waals surface area (Å²) in [5, 5.41) is 3.54. The van der Waals surface area contributed by atoms with Crippen molar-refractivity contribution in [3.63, 3.8) is 0 Å². The maximum atomic E-state index is 13.2. The molecule has 28 heavy (non-hydrogen) atoms. The number of nitrogens with one attached hydrogen (secondary N) is 1. The third-order valence-corrected chi connectivity index (χ3v) is 5.32. The topological polar surface area (TPSA) is 61.3 Å². The van der Waals surface area contributed by atoms with Crippen LogP contribution in [0.1, 0.15) is 22.1 Å². The smallest absolute Gasteiger partial charge is 0.272 e. The summed E-state index contributed by atoms with van der Waals surface area (Å²) in [5.41, 5.74) is 1.72. The zero-order valence-corrected chi connectivity index (χ0v) is 16.3. The van der Waals surface area contributed by atoms with E-state index in [1.165, 1.54) is 10.7 Å². The Morgan fingerprint density at radius 2 is 1.79 bits per heavy atom. The molecule has 0 aliphatic carbocycles. The van der Waals surface area contributed by atoms with Gasteiger partial charge < -0.3 is 9.80 Å². The van der Waals surface area contributed by atoms with Crippen LogP contribution in [0, 0.1) is 0 Å². The van der Waals surface area contributed by atoms with Crippen LogP contribution >= 0.6 is 11.6 Å². The average Bonchev–Trinajstić information content (AvgIpc) is 3.10. The predicted molar refractivity (Wildman–Crippen MR) is 109 cm³/mol. The molecular weight excluding hydrogens is 376 g/mol. The zero-order valence-electron chi connectivity index (χ0n) is 15.5. The summed E-state index contributed by atoms with van der Waals surface area (Å²) in [6.45, 7) is 2.14. The molecule has 1 aliphatic rings. The minimum absolute atomic E-state index is 0.0603. The number of carbonyl (C=O) groups excluding carboxylic acids is 1. The van der Waals surface area contributed by atoms with E-state index in [9.17, 15) is 9.59 Å². The molecule has 3 aromatic rings. The molecule has 4 rings (SSSR count). The fraction of sp³-hybridized carbons (Fsp3) is 0.238. The Hall–Kier alpha value is -2.83. The Labute approximate surface area is 167 Å². The highest BCUT2D eigenvalue weighted by atomic mass is 35.5. The summed E-state index contributed by atoms with van der Waals surface area (Å²) in [7, 11) is 2.05. The first kappa shape index (κ1) is 18.5. The number of aromatic nitrogens is 2. The molecule has 2 aromatic carbocycles. The van der Waals surface area contributed by atoms with Crippen molar-refractivity contribution in [1.82, 2.24) is 19.6 Å². The summed E-state index contributed by atoms with van der Waals surface area (Å²) in [6.07, 6.45) is 0. The lowest BCUT2D eigenvalue weighted by molar-refractivity contribution is 0.0492. The van der Waals surface area contributed by atoms with Gasteiger partial charge in [-0.15, -0.1) is 0 Å². The van der Waals surface area contributed by atoms with Crippen molar-refractivity contribution in [2.45, 2.75) is 6.04 Å². The third kappa shape index (κ3) is 3.61. The summed E-state index contributed by atoms with van der Waals surface area (Å²) < 4.78 is 1.36. The zero-order chi connectivity index (χ0) is 19.7. The number of piperazine rings is 1. The van der Waals surface area contributed by atoms with Crippen molar-refractivity contribution in [3.05, 3.63) is 87.3 Å². The summed E-state index contributed by atoms with van der Waals surface area (Å²) in [5.74, 6) is -0.174. The highest BCUT2D eigenvalue weighted by molar-refractivity contribution is 6.30. The monoisotopic (exact) mass is 396 g/mol. The second kappa shape index (κ2) is 7.66. The maximum absolute atomic E-state index is 13.2. The van der Waals surface area contributed by atoms with Gasteiger partial charge in [0, 0.05) is 30.7 Å². The van der Waals surface area contributed by atoms with E-state index in [-0.39, 0.29) is 23.2 Å². The Morgan fingerprint density at radius 3 is 2.50 bits per heavy atom. The number of aromatic amines is 1. The van der Waals surface area contributed by atoms with Gasteiger partial charge in [-0.1, -0.05) is 41.9 Å². The van der Waals surface area contributed by atoms with E-state index < -0.39 is 0 Å². The Balaban J connectivity index is 1.65. The van der Waals surface area contributed by atoms with Crippen LogP contribution in [-0.4, -0.2) is 52.2 Å². The largest absolute Gasteiger partial charge is 0.328 e. The minimum atomic E-state index is -0.281. The molecule has 1 fully saturated rings. The van der Waals surface area contributed by atoms with Gasteiger partial charge in [-0.2, -0.15) is 0 Å². The molecule has 6 nitrogen and oxygen atoms in total. The highest BCUT2D eigenvalue weighted by Crippen LogP contribution is 2.26. The van der Waals surface area contributed by atoms with Gasteiger partial charge in [0.2, 0.25) is 0 Å². The van der Waals surface area contributed by atoms with Crippen molar-refractivity contribution in [2.75, 3.05) is 26.7 Å². The summed E-state index contributed by atoms with van der Waals surface area (Å²) in [4.78, 5) is 29.7. The van der Waals surface area contributed by atoms with E-state index in [1.54, 1.807) is 24.3 Å².